The van der Waals surface area contributed by atoms with E-state index in [1.54, 1.807) is 36.4 Å². The molecule has 1 aliphatic rings. The second kappa shape index (κ2) is 7.28. The number of hydrogen-bond acceptors (Lipinski definition) is 6. The highest BCUT2D eigenvalue weighted by molar-refractivity contribution is 7.18. The first-order valence-electron chi connectivity index (χ1n) is 8.47. The van der Waals surface area contributed by atoms with E-state index in [9.17, 15) is 14.4 Å². The molecule has 9 heteroatoms. The van der Waals surface area contributed by atoms with Gasteiger partial charge in [-0.25, -0.2) is 9.78 Å². The summed E-state index contributed by atoms with van der Waals surface area (Å²) in [6.45, 7) is 0.490. The van der Waals surface area contributed by atoms with Gasteiger partial charge in [0.25, 0.3) is 11.8 Å². The number of aromatic nitrogens is 1. The van der Waals surface area contributed by atoms with Crippen LogP contribution in [0, 0.1) is 0 Å². The molecule has 0 atom stereocenters. The molecule has 0 unspecified atom stereocenters. The van der Waals surface area contributed by atoms with Gasteiger partial charge in [-0.1, -0.05) is 12.1 Å². The van der Waals surface area contributed by atoms with Crippen molar-refractivity contribution in [3.05, 3.63) is 58.6 Å². The Morgan fingerprint density at radius 1 is 1.14 bits per heavy atom. The van der Waals surface area contributed by atoms with Crippen LogP contribution in [0.2, 0.25) is 0 Å². The maximum absolute atomic E-state index is 12.5. The summed E-state index contributed by atoms with van der Waals surface area (Å²) in [5, 5.41) is 11.4. The molecule has 3 amide bonds. The van der Waals surface area contributed by atoms with Gasteiger partial charge in [-0.15, -0.1) is 11.3 Å². The maximum atomic E-state index is 12.5. The third-order valence-corrected chi connectivity index (χ3v) is 5.24. The van der Waals surface area contributed by atoms with E-state index in [2.05, 4.69) is 10.3 Å². The summed E-state index contributed by atoms with van der Waals surface area (Å²) in [5.41, 5.74) is 1.53. The van der Waals surface area contributed by atoms with Crippen molar-refractivity contribution in [3.8, 4) is 5.75 Å². The van der Waals surface area contributed by atoms with Gasteiger partial charge in [0.2, 0.25) is 0 Å². The number of hydrogen-bond donors (Lipinski definition) is 2. The lowest BCUT2D eigenvalue weighted by Crippen LogP contribution is -2.28. The zero-order valence-electron chi connectivity index (χ0n) is 14.5. The Hall–Kier alpha value is -3.46. The van der Waals surface area contributed by atoms with Gasteiger partial charge in [-0.2, -0.15) is 0 Å². The minimum Gasteiger partial charge on any atom is -0.492 e. The van der Waals surface area contributed by atoms with Crippen LogP contribution in [0.1, 0.15) is 25.7 Å². The highest BCUT2D eigenvalue weighted by Crippen LogP contribution is 2.29. The van der Waals surface area contributed by atoms with Gasteiger partial charge in [-0.3, -0.25) is 14.5 Å². The summed E-state index contributed by atoms with van der Waals surface area (Å²) in [6.07, 6.45) is -1.10. The van der Waals surface area contributed by atoms with E-state index >= 15 is 0 Å². The van der Waals surface area contributed by atoms with Crippen molar-refractivity contribution in [1.82, 2.24) is 15.2 Å². The number of nitrogens with one attached hydrogen (secondary N) is 1. The molecule has 1 aromatic heterocycles. The Bertz CT molecular complexity index is 1060. The topological polar surface area (TPSA) is 109 Å². The van der Waals surface area contributed by atoms with Crippen LogP contribution in [0.5, 0.6) is 5.75 Å². The Morgan fingerprint density at radius 3 is 2.54 bits per heavy atom. The molecule has 4 rings (SSSR count). The van der Waals surface area contributed by atoms with Crippen LogP contribution in [-0.2, 0) is 6.54 Å². The van der Waals surface area contributed by atoms with Crippen molar-refractivity contribution in [2.45, 2.75) is 6.54 Å². The molecule has 2 aromatic carbocycles. The monoisotopic (exact) mass is 397 g/mol. The highest BCUT2D eigenvalue weighted by Gasteiger charge is 2.35. The molecular weight excluding hydrogens is 382 g/mol. The van der Waals surface area contributed by atoms with Gasteiger partial charge in [-0.05, 0) is 24.3 Å². The van der Waals surface area contributed by atoms with E-state index < -0.39 is 6.09 Å². The number of benzene rings is 2. The third-order valence-electron chi connectivity index (χ3n) is 4.22. The number of rotatable bonds is 6. The normalized spacial score (nSPS) is 13.1. The van der Waals surface area contributed by atoms with E-state index in [4.69, 9.17) is 9.84 Å². The molecule has 0 fully saturated rings. The lowest BCUT2D eigenvalue weighted by molar-refractivity contribution is 0.0642. The van der Waals surface area contributed by atoms with Crippen molar-refractivity contribution >= 4 is 39.5 Å². The van der Waals surface area contributed by atoms with Gasteiger partial charge >= 0.3 is 6.09 Å². The minimum atomic E-state index is -1.10. The van der Waals surface area contributed by atoms with Crippen molar-refractivity contribution in [2.75, 3.05) is 13.2 Å². The van der Waals surface area contributed by atoms with E-state index in [-0.39, 0.29) is 31.5 Å². The van der Waals surface area contributed by atoms with Gasteiger partial charge < -0.3 is 15.2 Å². The number of thiazole rings is 1. The van der Waals surface area contributed by atoms with Gasteiger partial charge in [0.15, 0.2) is 0 Å². The summed E-state index contributed by atoms with van der Waals surface area (Å²) < 4.78 is 6.41. The molecule has 0 saturated heterocycles. The minimum absolute atomic E-state index is 0.115. The molecule has 2 heterocycles. The zero-order valence-corrected chi connectivity index (χ0v) is 15.4. The van der Waals surface area contributed by atoms with E-state index in [1.807, 2.05) is 6.07 Å². The van der Waals surface area contributed by atoms with E-state index in [1.165, 1.54) is 16.2 Å². The molecular formula is C19H15N3O5S. The van der Waals surface area contributed by atoms with Gasteiger partial charge in [0.1, 0.15) is 17.4 Å². The Balaban J connectivity index is 1.47. The van der Waals surface area contributed by atoms with Gasteiger partial charge in [0, 0.05) is 6.07 Å². The molecule has 0 saturated carbocycles. The summed E-state index contributed by atoms with van der Waals surface area (Å²) in [4.78, 5) is 41.1. The molecule has 1 aliphatic heterocycles. The molecule has 0 bridgehead atoms. The summed E-state index contributed by atoms with van der Waals surface area (Å²) in [7, 11) is 0. The van der Waals surface area contributed by atoms with Crippen LogP contribution >= 0.6 is 11.3 Å². The van der Waals surface area contributed by atoms with E-state index in [0.29, 0.717) is 27.4 Å². The molecule has 8 nitrogen and oxygen atoms in total. The molecule has 0 aliphatic carbocycles. The predicted octanol–water partition coefficient (Wildman–Crippen LogP) is 2.74. The van der Waals surface area contributed by atoms with Crippen LogP contribution in [0.3, 0.4) is 0 Å². The number of imide groups is 1. The highest BCUT2D eigenvalue weighted by atomic mass is 32.1. The average Bonchev–Trinajstić information content (AvgIpc) is 3.19. The second-order valence-electron chi connectivity index (χ2n) is 6.06. The first-order valence-corrected chi connectivity index (χ1v) is 9.29. The van der Waals surface area contributed by atoms with Crippen LogP contribution in [0.15, 0.2) is 42.5 Å². The summed E-state index contributed by atoms with van der Waals surface area (Å²) in [6, 6.07) is 12.1. The number of amides is 3. The first-order chi connectivity index (χ1) is 13.5. The van der Waals surface area contributed by atoms with Crippen LogP contribution < -0.4 is 10.1 Å². The van der Waals surface area contributed by atoms with E-state index in [0.717, 1.165) is 4.70 Å². The van der Waals surface area contributed by atoms with Gasteiger partial charge in [0.05, 0.1) is 34.4 Å². The van der Waals surface area contributed by atoms with Crippen molar-refractivity contribution < 1.29 is 24.2 Å². The zero-order chi connectivity index (χ0) is 19.7. The number of fused-ring (bicyclic) bond motifs is 2. The first kappa shape index (κ1) is 17.9. The van der Waals surface area contributed by atoms with Crippen LogP contribution in [-0.4, -0.2) is 46.0 Å². The standard InChI is InChI=1S/C19H15N3O5S/c23-17-12-3-1-2-4-13(12)18(24)22(17)10-16-21-14-9-11(5-6-15(14)28-16)27-8-7-20-19(25)26/h1-6,9,20H,7-8,10H2,(H,25,26). The molecule has 3 aromatic rings. The Morgan fingerprint density at radius 2 is 1.86 bits per heavy atom. The number of ether oxygens (including phenoxy) is 1. The summed E-state index contributed by atoms with van der Waals surface area (Å²) >= 11 is 1.41. The fraction of sp³-hybridized carbons (Fsp3) is 0.158. The van der Waals surface area contributed by atoms with Crippen molar-refractivity contribution in [3.63, 3.8) is 0 Å². The lowest BCUT2D eigenvalue weighted by Gasteiger charge is -2.11. The summed E-state index contributed by atoms with van der Waals surface area (Å²) in [5.74, 6) is -0.0538. The number of carbonyl (C=O) groups excluding carboxylic acids is 2. The quantitative estimate of drug-likeness (QED) is 0.489. The maximum Gasteiger partial charge on any atom is 0.404 e. The van der Waals surface area contributed by atoms with Crippen LogP contribution in [0.4, 0.5) is 4.79 Å². The molecule has 0 spiro atoms. The fourth-order valence-corrected chi connectivity index (χ4v) is 3.89. The Kier molecular flexibility index (Phi) is 4.66. The number of nitrogens with zero attached hydrogens (tertiary/aromatic N) is 2. The van der Waals surface area contributed by atoms with Crippen LogP contribution in [0.25, 0.3) is 10.2 Å². The van der Waals surface area contributed by atoms with Crippen molar-refractivity contribution in [1.29, 1.82) is 0 Å². The third kappa shape index (κ3) is 3.39. The number of carbonyl (C=O) groups is 3. The number of carboxylic acid groups (broad SMARTS) is 1. The molecule has 0 radical (unpaired) electrons. The lowest BCUT2D eigenvalue weighted by atomic mass is 10.1. The largest absolute Gasteiger partial charge is 0.492 e. The second-order valence-corrected chi connectivity index (χ2v) is 7.17. The molecule has 142 valence electrons. The SMILES string of the molecule is O=C(O)NCCOc1ccc2sc(CN3C(=O)c4ccccc4C3=O)nc2c1. The average molecular weight is 397 g/mol. The smallest absolute Gasteiger partial charge is 0.404 e. The Labute approximate surface area is 163 Å². The fourth-order valence-electron chi connectivity index (χ4n) is 2.96. The van der Waals surface area contributed by atoms with Crippen molar-refractivity contribution in [2.24, 2.45) is 0 Å². The predicted molar refractivity (Wildman–Crippen MR) is 102 cm³/mol. The molecule has 28 heavy (non-hydrogen) atoms. The molecule has 2 N–H and O–H groups in total.